The van der Waals surface area contributed by atoms with Gasteiger partial charge in [-0.25, -0.2) is 4.98 Å². The van der Waals surface area contributed by atoms with E-state index >= 15 is 0 Å². The van der Waals surface area contributed by atoms with Crippen LogP contribution >= 0.6 is 11.3 Å². The largest absolute Gasteiger partial charge is 0.384 e. The van der Waals surface area contributed by atoms with E-state index in [1.54, 1.807) is 29.7 Å². The van der Waals surface area contributed by atoms with E-state index in [2.05, 4.69) is 10.3 Å². The van der Waals surface area contributed by atoms with Gasteiger partial charge in [0.15, 0.2) is 0 Å². The molecule has 2 aromatic heterocycles. The van der Waals surface area contributed by atoms with Crippen LogP contribution in [0.1, 0.15) is 33.0 Å². The van der Waals surface area contributed by atoms with Gasteiger partial charge >= 0.3 is 0 Å². The lowest BCUT2D eigenvalue weighted by atomic mass is 9.99. The first-order valence-electron chi connectivity index (χ1n) is 6.37. The number of aryl methyl sites for hydroxylation is 2. The van der Waals surface area contributed by atoms with Crippen LogP contribution in [0, 0.1) is 0 Å². The molecule has 1 aliphatic rings. The molecule has 19 heavy (non-hydrogen) atoms. The number of carbonyl (C=O) groups is 1. The number of anilines is 2. The Hall–Kier alpha value is -1.88. The molecule has 4 nitrogen and oxygen atoms in total. The van der Waals surface area contributed by atoms with Gasteiger partial charge in [0, 0.05) is 4.88 Å². The smallest absolute Gasteiger partial charge is 0.265 e. The molecule has 0 aromatic carbocycles. The Morgan fingerprint density at radius 1 is 1.32 bits per heavy atom. The van der Waals surface area contributed by atoms with Crippen LogP contribution in [0.3, 0.4) is 0 Å². The number of rotatable bonds is 2. The molecule has 0 radical (unpaired) electrons. The van der Waals surface area contributed by atoms with E-state index in [1.807, 2.05) is 6.07 Å². The SMILES string of the molecule is Nc1ccc(NC(=O)c2cc3c(s2)CCCC3)cn1. The zero-order chi connectivity index (χ0) is 13.2. The fourth-order valence-electron chi connectivity index (χ4n) is 2.27. The van der Waals surface area contributed by atoms with Crippen LogP contribution in [0.5, 0.6) is 0 Å². The van der Waals surface area contributed by atoms with Crippen molar-refractivity contribution in [2.75, 3.05) is 11.1 Å². The van der Waals surface area contributed by atoms with Crippen LogP contribution in [-0.4, -0.2) is 10.9 Å². The Morgan fingerprint density at radius 3 is 2.89 bits per heavy atom. The predicted octanol–water partition coefficient (Wildman–Crippen LogP) is 2.86. The van der Waals surface area contributed by atoms with Crippen LogP contribution in [0.2, 0.25) is 0 Å². The van der Waals surface area contributed by atoms with Crippen molar-refractivity contribution in [3.63, 3.8) is 0 Å². The molecule has 0 saturated heterocycles. The molecule has 0 fully saturated rings. The molecule has 98 valence electrons. The van der Waals surface area contributed by atoms with Crippen LogP contribution in [0.4, 0.5) is 11.5 Å². The second-order valence-corrected chi connectivity index (χ2v) is 5.83. The lowest BCUT2D eigenvalue weighted by Crippen LogP contribution is -2.10. The third kappa shape index (κ3) is 2.61. The quantitative estimate of drug-likeness (QED) is 0.884. The monoisotopic (exact) mass is 273 g/mol. The molecule has 0 atom stereocenters. The minimum atomic E-state index is -0.0639. The predicted molar refractivity (Wildman–Crippen MR) is 77.6 cm³/mol. The summed E-state index contributed by atoms with van der Waals surface area (Å²) in [5.41, 5.74) is 7.53. The highest BCUT2D eigenvalue weighted by Crippen LogP contribution is 2.30. The van der Waals surface area contributed by atoms with Gasteiger partial charge < -0.3 is 11.1 Å². The molecule has 0 saturated carbocycles. The molecule has 5 heteroatoms. The van der Waals surface area contributed by atoms with E-state index in [4.69, 9.17) is 5.73 Å². The Kier molecular flexibility index (Phi) is 3.21. The van der Waals surface area contributed by atoms with Gasteiger partial charge in [-0.1, -0.05) is 0 Å². The van der Waals surface area contributed by atoms with Crippen LogP contribution in [0.25, 0.3) is 0 Å². The Balaban J connectivity index is 1.76. The summed E-state index contributed by atoms with van der Waals surface area (Å²) in [6, 6.07) is 5.46. The number of nitrogens with zero attached hydrogens (tertiary/aromatic N) is 1. The van der Waals surface area contributed by atoms with Gasteiger partial charge in [0.1, 0.15) is 5.82 Å². The molecular formula is C14H15N3OS. The van der Waals surface area contributed by atoms with Crippen molar-refractivity contribution in [1.82, 2.24) is 4.98 Å². The van der Waals surface area contributed by atoms with E-state index in [1.165, 1.54) is 23.3 Å². The first-order valence-corrected chi connectivity index (χ1v) is 7.18. The molecule has 3 N–H and O–H groups in total. The first-order chi connectivity index (χ1) is 9.22. The van der Waals surface area contributed by atoms with E-state index in [9.17, 15) is 4.79 Å². The fraction of sp³-hybridized carbons (Fsp3) is 0.286. The average Bonchev–Trinajstić information content (AvgIpc) is 2.85. The number of hydrogen-bond donors (Lipinski definition) is 2. The summed E-state index contributed by atoms with van der Waals surface area (Å²) < 4.78 is 0. The van der Waals surface area contributed by atoms with E-state index < -0.39 is 0 Å². The highest BCUT2D eigenvalue weighted by Gasteiger charge is 2.17. The molecule has 1 aliphatic carbocycles. The Morgan fingerprint density at radius 2 is 2.16 bits per heavy atom. The molecule has 1 amide bonds. The molecule has 0 unspecified atom stereocenters. The fourth-order valence-corrected chi connectivity index (χ4v) is 3.42. The summed E-state index contributed by atoms with van der Waals surface area (Å²) in [5.74, 6) is 0.385. The number of aromatic nitrogens is 1. The minimum absolute atomic E-state index is 0.0639. The van der Waals surface area contributed by atoms with Crippen LogP contribution in [0.15, 0.2) is 24.4 Å². The summed E-state index contributed by atoms with van der Waals surface area (Å²) in [7, 11) is 0. The topological polar surface area (TPSA) is 68.0 Å². The number of hydrogen-bond acceptors (Lipinski definition) is 4. The summed E-state index contributed by atoms with van der Waals surface area (Å²) in [6.45, 7) is 0. The summed E-state index contributed by atoms with van der Waals surface area (Å²) in [5, 5.41) is 2.85. The number of nitrogen functional groups attached to an aromatic ring is 1. The van der Waals surface area contributed by atoms with Crippen LogP contribution < -0.4 is 11.1 Å². The summed E-state index contributed by atoms with van der Waals surface area (Å²) in [4.78, 5) is 18.3. The third-order valence-electron chi connectivity index (χ3n) is 3.26. The zero-order valence-corrected chi connectivity index (χ0v) is 11.3. The van der Waals surface area contributed by atoms with Crippen molar-refractivity contribution in [2.45, 2.75) is 25.7 Å². The highest BCUT2D eigenvalue weighted by molar-refractivity contribution is 7.14. The first kappa shape index (κ1) is 12.2. The van der Waals surface area contributed by atoms with Gasteiger partial charge in [-0.15, -0.1) is 11.3 Å². The number of pyridine rings is 1. The maximum Gasteiger partial charge on any atom is 0.265 e. The maximum atomic E-state index is 12.2. The second kappa shape index (κ2) is 5.01. The van der Waals surface area contributed by atoms with Crippen molar-refractivity contribution in [3.05, 3.63) is 39.7 Å². The van der Waals surface area contributed by atoms with Crippen molar-refractivity contribution in [1.29, 1.82) is 0 Å². The number of amides is 1. The molecule has 2 aromatic rings. The van der Waals surface area contributed by atoms with Gasteiger partial charge in [-0.3, -0.25) is 4.79 Å². The molecule has 0 bridgehead atoms. The van der Waals surface area contributed by atoms with Crippen molar-refractivity contribution in [2.24, 2.45) is 0 Å². The highest BCUT2D eigenvalue weighted by atomic mass is 32.1. The van der Waals surface area contributed by atoms with Crippen molar-refractivity contribution >= 4 is 28.7 Å². The van der Waals surface area contributed by atoms with Gasteiger partial charge in [0.25, 0.3) is 5.91 Å². The number of fused-ring (bicyclic) bond motifs is 1. The Bertz CT molecular complexity index is 580. The number of carbonyl (C=O) groups excluding carboxylic acids is 1. The van der Waals surface area contributed by atoms with Gasteiger partial charge in [0.05, 0.1) is 16.8 Å². The normalized spacial score (nSPS) is 13.9. The number of nitrogens with two attached hydrogens (primary N) is 1. The van der Waals surface area contributed by atoms with E-state index in [-0.39, 0.29) is 5.91 Å². The van der Waals surface area contributed by atoms with Crippen molar-refractivity contribution in [3.8, 4) is 0 Å². The summed E-state index contributed by atoms with van der Waals surface area (Å²) in [6.07, 6.45) is 6.24. The van der Waals surface area contributed by atoms with E-state index in [0.717, 1.165) is 17.7 Å². The lowest BCUT2D eigenvalue weighted by molar-refractivity contribution is 0.103. The molecule has 0 aliphatic heterocycles. The second-order valence-electron chi connectivity index (χ2n) is 4.69. The van der Waals surface area contributed by atoms with Crippen LogP contribution in [-0.2, 0) is 12.8 Å². The summed E-state index contributed by atoms with van der Waals surface area (Å²) >= 11 is 1.61. The van der Waals surface area contributed by atoms with Crippen molar-refractivity contribution < 1.29 is 4.79 Å². The molecular weight excluding hydrogens is 258 g/mol. The van der Waals surface area contributed by atoms with Gasteiger partial charge in [0.2, 0.25) is 0 Å². The average molecular weight is 273 g/mol. The lowest BCUT2D eigenvalue weighted by Gasteiger charge is -2.08. The number of nitrogens with one attached hydrogen (secondary N) is 1. The van der Waals surface area contributed by atoms with Gasteiger partial charge in [-0.2, -0.15) is 0 Å². The Labute approximate surface area is 115 Å². The zero-order valence-electron chi connectivity index (χ0n) is 10.5. The molecule has 2 heterocycles. The van der Waals surface area contributed by atoms with E-state index in [0.29, 0.717) is 11.5 Å². The minimum Gasteiger partial charge on any atom is -0.384 e. The molecule has 0 spiro atoms. The number of thiophene rings is 1. The standard InChI is InChI=1S/C14H15N3OS/c15-13-6-5-10(8-16-13)17-14(18)12-7-9-3-1-2-4-11(9)19-12/h5-8H,1-4H2,(H2,15,16)(H,17,18). The maximum absolute atomic E-state index is 12.2. The van der Waals surface area contributed by atoms with Gasteiger partial charge in [-0.05, 0) is 49.4 Å². The third-order valence-corrected chi connectivity index (χ3v) is 4.50. The molecule has 3 rings (SSSR count).